The van der Waals surface area contributed by atoms with Crippen molar-refractivity contribution >= 4 is 44.8 Å². The van der Waals surface area contributed by atoms with Crippen LogP contribution in [-0.4, -0.2) is 16.1 Å². The average molecular weight is 330 g/mol. The lowest BCUT2D eigenvalue weighted by molar-refractivity contribution is 0.102. The molecule has 0 bridgehead atoms. The molecule has 0 aliphatic carbocycles. The Morgan fingerprint density at radius 1 is 1.56 bits per heavy atom. The monoisotopic (exact) mass is 328 g/mol. The molecule has 2 rings (SSSR count). The van der Waals surface area contributed by atoms with Gasteiger partial charge in [0.1, 0.15) is 0 Å². The molecule has 1 aromatic carbocycles. The fourth-order valence-electron chi connectivity index (χ4n) is 1.39. The third-order valence-corrected chi connectivity index (χ3v) is 3.31. The second-order valence-electron chi connectivity index (χ2n) is 3.69. The summed E-state index contributed by atoms with van der Waals surface area (Å²) in [7, 11) is 0. The highest BCUT2D eigenvalue weighted by Crippen LogP contribution is 2.26. The number of anilines is 2. The molecule has 0 radical (unpaired) electrons. The molecule has 0 spiro atoms. The van der Waals surface area contributed by atoms with Crippen molar-refractivity contribution in [3.63, 3.8) is 0 Å². The third kappa shape index (κ3) is 2.49. The highest BCUT2D eigenvalue weighted by Gasteiger charge is 2.16. The molecule has 1 aromatic heterocycles. The minimum absolute atomic E-state index is 0.166. The van der Waals surface area contributed by atoms with Gasteiger partial charge < -0.3 is 11.1 Å². The quantitative estimate of drug-likeness (QED) is 0.792. The van der Waals surface area contributed by atoms with Gasteiger partial charge in [-0.05, 0) is 41.1 Å². The van der Waals surface area contributed by atoms with Gasteiger partial charge in [0.15, 0.2) is 5.69 Å². The van der Waals surface area contributed by atoms with Gasteiger partial charge in [-0.2, -0.15) is 5.10 Å². The molecule has 94 valence electrons. The Balaban J connectivity index is 2.27. The molecule has 5 nitrogen and oxygen atoms in total. The average Bonchev–Trinajstić information content (AvgIpc) is 2.65. The number of halogens is 2. The Labute approximate surface area is 117 Å². The van der Waals surface area contributed by atoms with E-state index in [1.807, 2.05) is 0 Å². The van der Waals surface area contributed by atoms with Crippen molar-refractivity contribution in [2.45, 2.75) is 6.92 Å². The van der Waals surface area contributed by atoms with Crippen LogP contribution >= 0.6 is 27.5 Å². The fourth-order valence-corrected chi connectivity index (χ4v) is 1.90. The Kier molecular flexibility index (Phi) is 3.58. The molecule has 0 aliphatic rings. The molecule has 0 fully saturated rings. The lowest BCUT2D eigenvalue weighted by Gasteiger charge is -2.06. The summed E-state index contributed by atoms with van der Waals surface area (Å²) in [5.41, 5.74) is 7.46. The minimum Gasteiger partial charge on any atom is -0.395 e. The van der Waals surface area contributed by atoms with E-state index in [2.05, 4.69) is 31.4 Å². The number of carbonyl (C=O) groups excluding carboxylic acids is 1. The van der Waals surface area contributed by atoms with Crippen LogP contribution in [0.1, 0.15) is 16.2 Å². The van der Waals surface area contributed by atoms with E-state index in [4.69, 9.17) is 17.3 Å². The van der Waals surface area contributed by atoms with E-state index in [0.29, 0.717) is 22.1 Å². The Bertz CT molecular complexity index is 611. The van der Waals surface area contributed by atoms with Crippen molar-refractivity contribution in [3.05, 3.63) is 39.1 Å². The Morgan fingerprint density at radius 3 is 2.89 bits per heavy atom. The topological polar surface area (TPSA) is 83.8 Å². The highest BCUT2D eigenvalue weighted by atomic mass is 79.9. The van der Waals surface area contributed by atoms with Crippen molar-refractivity contribution in [2.24, 2.45) is 0 Å². The number of nitrogens with two attached hydrogens (primary N) is 1. The first kappa shape index (κ1) is 12.9. The summed E-state index contributed by atoms with van der Waals surface area (Å²) < 4.78 is 0.728. The van der Waals surface area contributed by atoms with Gasteiger partial charge in [0.25, 0.3) is 5.91 Å². The van der Waals surface area contributed by atoms with Gasteiger partial charge in [0.2, 0.25) is 0 Å². The first-order valence-electron chi connectivity index (χ1n) is 5.06. The molecule has 1 amide bonds. The van der Waals surface area contributed by atoms with Crippen molar-refractivity contribution in [3.8, 4) is 0 Å². The lowest BCUT2D eigenvalue weighted by atomic mass is 10.2. The Hall–Kier alpha value is -1.53. The summed E-state index contributed by atoms with van der Waals surface area (Å²) >= 11 is 9.19. The molecule has 4 N–H and O–H groups in total. The van der Waals surface area contributed by atoms with Crippen LogP contribution in [0.3, 0.4) is 0 Å². The first-order valence-corrected chi connectivity index (χ1v) is 6.23. The van der Waals surface area contributed by atoms with Gasteiger partial charge in [-0.1, -0.05) is 11.6 Å². The predicted octanol–water partition coefficient (Wildman–Crippen LogP) is 2.97. The van der Waals surface area contributed by atoms with Crippen molar-refractivity contribution in [2.75, 3.05) is 11.1 Å². The lowest BCUT2D eigenvalue weighted by Crippen LogP contribution is -2.14. The summed E-state index contributed by atoms with van der Waals surface area (Å²) in [6, 6.07) is 5.10. The fraction of sp³-hybridized carbons (Fsp3) is 0.0909. The summed E-state index contributed by atoms with van der Waals surface area (Å²) in [6.07, 6.45) is 0. The van der Waals surface area contributed by atoms with Gasteiger partial charge >= 0.3 is 0 Å². The number of amides is 1. The molecular weight excluding hydrogens is 320 g/mol. The summed E-state index contributed by atoms with van der Waals surface area (Å²) in [5, 5.41) is 9.73. The normalized spacial score (nSPS) is 10.4. The van der Waals surface area contributed by atoms with E-state index in [1.165, 1.54) is 0 Å². The van der Waals surface area contributed by atoms with Gasteiger partial charge in [-0.25, -0.2) is 0 Å². The standard InChI is InChI=1S/C11H10BrClN4O/c1-5-9(14)10(17-16-5)11(18)15-8-4-6(13)2-3-7(8)12/h2-4H,14H2,1H3,(H,15,18)(H,16,17). The molecule has 0 unspecified atom stereocenters. The number of aromatic nitrogens is 2. The molecule has 1 heterocycles. The highest BCUT2D eigenvalue weighted by molar-refractivity contribution is 9.10. The number of rotatable bonds is 2. The van der Waals surface area contributed by atoms with Crippen LogP contribution in [0.4, 0.5) is 11.4 Å². The van der Waals surface area contributed by atoms with Gasteiger partial charge in [-0.3, -0.25) is 9.89 Å². The largest absolute Gasteiger partial charge is 0.395 e. The number of nitrogen functional groups attached to an aromatic ring is 1. The molecule has 0 saturated carbocycles. The molecule has 18 heavy (non-hydrogen) atoms. The second kappa shape index (κ2) is 4.99. The molecule has 7 heteroatoms. The van der Waals surface area contributed by atoms with Gasteiger partial charge in [0.05, 0.1) is 17.1 Å². The van der Waals surface area contributed by atoms with Crippen molar-refractivity contribution in [1.29, 1.82) is 0 Å². The number of benzene rings is 1. The smallest absolute Gasteiger partial charge is 0.278 e. The predicted molar refractivity (Wildman–Crippen MR) is 74.8 cm³/mol. The van der Waals surface area contributed by atoms with Crippen molar-refractivity contribution < 1.29 is 4.79 Å². The van der Waals surface area contributed by atoms with E-state index >= 15 is 0 Å². The van der Waals surface area contributed by atoms with E-state index < -0.39 is 0 Å². The van der Waals surface area contributed by atoms with Crippen LogP contribution in [0.15, 0.2) is 22.7 Å². The number of H-pyrrole nitrogens is 1. The number of hydrogen-bond donors (Lipinski definition) is 3. The van der Waals surface area contributed by atoms with Gasteiger partial charge in [-0.15, -0.1) is 0 Å². The van der Waals surface area contributed by atoms with Crippen LogP contribution in [0.25, 0.3) is 0 Å². The number of hydrogen-bond acceptors (Lipinski definition) is 3. The van der Waals surface area contributed by atoms with E-state index in [-0.39, 0.29) is 11.6 Å². The van der Waals surface area contributed by atoms with E-state index in [9.17, 15) is 4.79 Å². The number of nitrogens with one attached hydrogen (secondary N) is 2. The molecule has 2 aromatic rings. The zero-order chi connectivity index (χ0) is 13.3. The number of nitrogens with zero attached hydrogens (tertiary/aromatic N) is 1. The third-order valence-electron chi connectivity index (χ3n) is 2.39. The Morgan fingerprint density at radius 2 is 2.28 bits per heavy atom. The van der Waals surface area contributed by atoms with Crippen LogP contribution in [-0.2, 0) is 0 Å². The van der Waals surface area contributed by atoms with E-state index in [1.54, 1.807) is 25.1 Å². The maximum Gasteiger partial charge on any atom is 0.278 e. The maximum absolute atomic E-state index is 12.0. The van der Waals surface area contributed by atoms with Crippen LogP contribution in [0.2, 0.25) is 5.02 Å². The van der Waals surface area contributed by atoms with E-state index in [0.717, 1.165) is 4.47 Å². The van der Waals surface area contributed by atoms with Crippen molar-refractivity contribution in [1.82, 2.24) is 10.2 Å². The molecule has 0 aliphatic heterocycles. The van der Waals surface area contributed by atoms with Crippen LogP contribution in [0, 0.1) is 6.92 Å². The zero-order valence-corrected chi connectivity index (χ0v) is 11.8. The summed E-state index contributed by atoms with van der Waals surface area (Å²) in [5.74, 6) is -0.389. The number of aryl methyl sites for hydroxylation is 1. The molecular formula is C11H10BrClN4O. The number of aromatic amines is 1. The maximum atomic E-state index is 12.0. The second-order valence-corrected chi connectivity index (χ2v) is 4.98. The summed E-state index contributed by atoms with van der Waals surface area (Å²) in [6.45, 7) is 1.74. The first-order chi connectivity index (χ1) is 8.49. The molecule has 0 atom stereocenters. The zero-order valence-electron chi connectivity index (χ0n) is 9.42. The molecule has 0 saturated heterocycles. The minimum atomic E-state index is -0.389. The van der Waals surface area contributed by atoms with Gasteiger partial charge in [0, 0.05) is 9.50 Å². The van der Waals surface area contributed by atoms with Crippen LogP contribution in [0.5, 0.6) is 0 Å². The number of carbonyl (C=O) groups is 1. The summed E-state index contributed by atoms with van der Waals surface area (Å²) in [4.78, 5) is 12.0. The van der Waals surface area contributed by atoms with Crippen LogP contribution < -0.4 is 11.1 Å². The SMILES string of the molecule is Cc1[nH]nc(C(=O)Nc2cc(Cl)ccc2Br)c1N.